The minimum Gasteiger partial charge on any atom is -0.0795 e. The first-order valence-electron chi connectivity index (χ1n) is 6.95. The maximum Gasteiger partial charge on any atom is 0.316 e. The van der Waals surface area contributed by atoms with E-state index >= 15 is 0 Å². The van der Waals surface area contributed by atoms with Crippen molar-refractivity contribution in [3.63, 3.8) is 0 Å². The Hall–Kier alpha value is -1.05. The Balaban J connectivity index is 0.00000147. The van der Waals surface area contributed by atoms with Crippen molar-refractivity contribution in [1.29, 1.82) is 0 Å². The monoisotopic (exact) mass is 274 g/mol. The van der Waals surface area contributed by atoms with Gasteiger partial charge in [-0.25, -0.2) is 0 Å². The van der Waals surface area contributed by atoms with Crippen molar-refractivity contribution >= 4 is 29.1 Å². The molecule has 0 aromatic heterocycles. The fourth-order valence-electron chi connectivity index (χ4n) is 2.69. The summed E-state index contributed by atoms with van der Waals surface area (Å²) >= 11 is 0. The maximum absolute atomic E-state index is 2.26. The highest BCUT2D eigenvalue weighted by molar-refractivity contribution is 5.79. The highest BCUT2D eigenvalue weighted by Crippen LogP contribution is 2.32. The molecule has 0 fully saturated rings. The van der Waals surface area contributed by atoms with Gasteiger partial charge in [-0.2, -0.15) is 0 Å². The van der Waals surface area contributed by atoms with E-state index in [1.165, 1.54) is 27.8 Å². The van der Waals surface area contributed by atoms with E-state index in [9.17, 15) is 0 Å². The fourth-order valence-corrected chi connectivity index (χ4v) is 2.69. The predicted octanol–water partition coefficient (Wildman–Crippen LogP) is 4.30. The van der Waals surface area contributed by atoms with E-state index in [-0.39, 0.29) is 28.5 Å². The minimum absolute atomic E-state index is 0. The van der Waals surface area contributed by atoms with E-state index in [0.29, 0.717) is 0 Å². The summed E-state index contributed by atoms with van der Waals surface area (Å²) in [6.07, 6.45) is 5.57. The van der Waals surface area contributed by atoms with Gasteiger partial charge in [0.2, 0.25) is 0 Å². The lowest BCUT2D eigenvalue weighted by atomic mass is 9.86. The molecule has 0 saturated carbocycles. The second kappa shape index (κ2) is 5.75. The van der Waals surface area contributed by atoms with Crippen LogP contribution in [0, 0.1) is 0 Å². The average molecular weight is 275 g/mol. The van der Waals surface area contributed by atoms with Crippen LogP contribution in [0.4, 0.5) is 0 Å². The quantitative estimate of drug-likeness (QED) is 0.680. The lowest BCUT2D eigenvalue weighted by Gasteiger charge is -2.19. The number of benzene rings is 2. The maximum atomic E-state index is 2.26. The van der Waals surface area contributed by atoms with Gasteiger partial charge in [0, 0.05) is 0 Å². The summed E-state index contributed by atoms with van der Waals surface area (Å²) in [6.45, 7) is 6.76. The number of hydrogen-bond donors (Lipinski definition) is 0. The summed E-state index contributed by atoms with van der Waals surface area (Å²) in [6, 6.07) is 15.6. The number of fused-ring (bicyclic) bond motifs is 1. The van der Waals surface area contributed by atoms with Crippen LogP contribution in [0.1, 0.15) is 37.5 Å². The van der Waals surface area contributed by atoms with Crippen LogP contribution in [-0.4, -0.2) is 23.1 Å². The highest BCUT2D eigenvalue weighted by atomic mass is 24.3. The van der Waals surface area contributed by atoms with E-state index in [0.717, 1.165) is 6.42 Å². The molecule has 0 spiro atoms. The molecule has 100 valence electrons. The molecule has 0 saturated heterocycles. The third-order valence-electron chi connectivity index (χ3n) is 3.88. The van der Waals surface area contributed by atoms with Gasteiger partial charge in [-0.15, -0.1) is 0 Å². The normalized spacial score (nSPS) is 12.9. The molecule has 0 bridgehead atoms. The first-order valence-corrected chi connectivity index (χ1v) is 6.95. The summed E-state index contributed by atoms with van der Waals surface area (Å²) in [4.78, 5) is 0. The van der Waals surface area contributed by atoms with E-state index < -0.39 is 0 Å². The van der Waals surface area contributed by atoms with Gasteiger partial charge in [-0.3, -0.25) is 0 Å². The fraction of sp³-hybridized carbons (Fsp3) is 0.263. The Morgan fingerprint density at radius 2 is 1.60 bits per heavy atom. The van der Waals surface area contributed by atoms with Gasteiger partial charge in [-0.1, -0.05) is 75.4 Å². The van der Waals surface area contributed by atoms with Gasteiger partial charge in [0.05, 0.1) is 0 Å². The average Bonchev–Trinajstić information content (AvgIpc) is 2.86. The van der Waals surface area contributed by atoms with Gasteiger partial charge in [-0.05, 0) is 39.7 Å². The SMILES string of the molecule is CC(C)(C)c1ccc(-c2cccc3c2C=CC3)cc1.[MgH2]. The predicted molar refractivity (Wildman–Crippen MR) is 91.9 cm³/mol. The zero-order chi connectivity index (χ0) is 13.5. The Kier molecular flexibility index (Phi) is 4.41. The third kappa shape index (κ3) is 2.84. The molecule has 0 amide bonds. The third-order valence-corrected chi connectivity index (χ3v) is 3.88. The summed E-state index contributed by atoms with van der Waals surface area (Å²) in [5, 5.41) is 0. The lowest BCUT2D eigenvalue weighted by Crippen LogP contribution is -2.10. The minimum atomic E-state index is 0. The van der Waals surface area contributed by atoms with Gasteiger partial charge < -0.3 is 0 Å². The van der Waals surface area contributed by atoms with Gasteiger partial charge in [0.15, 0.2) is 0 Å². The lowest BCUT2D eigenvalue weighted by molar-refractivity contribution is 0.590. The highest BCUT2D eigenvalue weighted by Gasteiger charge is 2.14. The van der Waals surface area contributed by atoms with Gasteiger partial charge in [0.25, 0.3) is 0 Å². The van der Waals surface area contributed by atoms with E-state index in [4.69, 9.17) is 0 Å². The summed E-state index contributed by atoms with van der Waals surface area (Å²) < 4.78 is 0. The van der Waals surface area contributed by atoms with Crippen molar-refractivity contribution in [2.24, 2.45) is 0 Å². The Morgan fingerprint density at radius 3 is 2.25 bits per heavy atom. The smallest absolute Gasteiger partial charge is 0.0795 e. The molecular formula is C19H22Mg. The van der Waals surface area contributed by atoms with Crippen molar-refractivity contribution in [2.45, 2.75) is 32.6 Å². The zero-order valence-electron chi connectivity index (χ0n) is 11.9. The molecule has 20 heavy (non-hydrogen) atoms. The van der Waals surface area contributed by atoms with Crippen molar-refractivity contribution in [3.8, 4) is 11.1 Å². The van der Waals surface area contributed by atoms with E-state index in [1.807, 2.05) is 0 Å². The van der Waals surface area contributed by atoms with Crippen LogP contribution in [-0.2, 0) is 11.8 Å². The second-order valence-electron chi connectivity index (χ2n) is 6.31. The molecule has 0 unspecified atom stereocenters. The Morgan fingerprint density at radius 1 is 0.900 bits per heavy atom. The molecule has 1 aliphatic carbocycles. The largest absolute Gasteiger partial charge is 0.316 e. The van der Waals surface area contributed by atoms with Gasteiger partial charge in [0.1, 0.15) is 0 Å². The molecule has 0 radical (unpaired) electrons. The van der Waals surface area contributed by atoms with Crippen molar-refractivity contribution in [2.75, 3.05) is 0 Å². The molecule has 0 aliphatic heterocycles. The van der Waals surface area contributed by atoms with Crippen LogP contribution in [0.3, 0.4) is 0 Å². The van der Waals surface area contributed by atoms with Crippen LogP contribution in [0.15, 0.2) is 48.5 Å². The Labute approximate surface area is 138 Å². The number of rotatable bonds is 1. The van der Waals surface area contributed by atoms with E-state index in [1.54, 1.807) is 0 Å². The van der Waals surface area contributed by atoms with Crippen LogP contribution >= 0.6 is 0 Å². The van der Waals surface area contributed by atoms with Crippen LogP contribution in [0.25, 0.3) is 17.2 Å². The molecule has 0 heterocycles. The molecule has 3 rings (SSSR count). The molecule has 0 N–H and O–H groups in total. The molecule has 2 aromatic rings. The second-order valence-corrected chi connectivity index (χ2v) is 6.31. The van der Waals surface area contributed by atoms with Crippen LogP contribution in [0.2, 0.25) is 0 Å². The molecule has 0 nitrogen and oxygen atoms in total. The molecule has 2 aromatic carbocycles. The molecule has 1 heteroatoms. The number of hydrogen-bond acceptors (Lipinski definition) is 0. The summed E-state index contributed by atoms with van der Waals surface area (Å²) in [5.74, 6) is 0. The zero-order valence-corrected chi connectivity index (χ0v) is 11.9. The standard InChI is InChI=1S/C19H20.Mg.2H/c1-19(2,3)16-12-10-15(11-13-16)18-9-5-7-14-6-4-8-17(14)18;;;/h4-5,7-13H,6H2,1-3H3;;;. The molecular weight excluding hydrogens is 253 g/mol. The summed E-state index contributed by atoms with van der Waals surface area (Å²) in [7, 11) is 0. The topological polar surface area (TPSA) is 0 Å². The number of allylic oxidation sites excluding steroid dienone is 1. The first-order chi connectivity index (χ1) is 9.05. The van der Waals surface area contributed by atoms with Crippen molar-refractivity contribution < 1.29 is 0 Å². The summed E-state index contributed by atoms with van der Waals surface area (Å²) in [5.41, 5.74) is 7.11. The Bertz CT molecular complexity index is 628. The van der Waals surface area contributed by atoms with Crippen LogP contribution < -0.4 is 0 Å². The molecule has 1 aliphatic rings. The van der Waals surface area contributed by atoms with Crippen LogP contribution in [0.5, 0.6) is 0 Å². The van der Waals surface area contributed by atoms with E-state index in [2.05, 4.69) is 75.4 Å². The molecule has 0 atom stereocenters. The first kappa shape index (κ1) is 15.3. The van der Waals surface area contributed by atoms with Gasteiger partial charge >= 0.3 is 23.1 Å². The van der Waals surface area contributed by atoms with Crippen molar-refractivity contribution in [3.05, 3.63) is 65.2 Å². The van der Waals surface area contributed by atoms with Crippen molar-refractivity contribution in [1.82, 2.24) is 0 Å².